The molecule has 3 unspecified atom stereocenters. The summed E-state index contributed by atoms with van der Waals surface area (Å²) in [6.07, 6.45) is 2.88. The van der Waals surface area contributed by atoms with E-state index in [4.69, 9.17) is 0 Å². The summed E-state index contributed by atoms with van der Waals surface area (Å²) >= 11 is 0. The molecule has 3 atom stereocenters. The van der Waals surface area contributed by atoms with Crippen molar-refractivity contribution in [2.75, 3.05) is 11.4 Å². The highest BCUT2D eigenvalue weighted by Gasteiger charge is 2.39. The number of rotatable bonds is 1. The van der Waals surface area contributed by atoms with Gasteiger partial charge in [-0.25, -0.2) is 4.98 Å². The summed E-state index contributed by atoms with van der Waals surface area (Å²) in [5.41, 5.74) is 0.187. The number of anilines is 1. The molecular formula is C16H23N3. The summed E-state index contributed by atoms with van der Waals surface area (Å²) in [5, 5.41) is 9.32. The van der Waals surface area contributed by atoms with Gasteiger partial charge in [-0.15, -0.1) is 0 Å². The van der Waals surface area contributed by atoms with Gasteiger partial charge in [-0.3, -0.25) is 0 Å². The topological polar surface area (TPSA) is 39.9 Å². The highest BCUT2D eigenvalue weighted by molar-refractivity contribution is 5.41. The van der Waals surface area contributed by atoms with Gasteiger partial charge in [0.15, 0.2) is 0 Å². The van der Waals surface area contributed by atoms with E-state index in [0.29, 0.717) is 12.0 Å². The number of hydrogen-bond donors (Lipinski definition) is 0. The lowest BCUT2D eigenvalue weighted by Crippen LogP contribution is -2.52. The number of aromatic nitrogens is 1. The largest absolute Gasteiger partial charge is 0.352 e. The zero-order chi connectivity index (χ0) is 14.0. The van der Waals surface area contributed by atoms with E-state index in [1.54, 1.807) is 0 Å². The van der Waals surface area contributed by atoms with Crippen LogP contribution in [0.3, 0.4) is 0 Å². The summed E-state index contributed by atoms with van der Waals surface area (Å²) in [7, 11) is 0. The molecule has 1 aliphatic rings. The van der Waals surface area contributed by atoms with E-state index in [0.717, 1.165) is 18.8 Å². The minimum absolute atomic E-state index is 0.0978. The first-order valence-electron chi connectivity index (χ1n) is 7.00. The van der Waals surface area contributed by atoms with Gasteiger partial charge in [0.1, 0.15) is 5.82 Å². The molecular weight excluding hydrogens is 234 g/mol. The number of nitrogens with zero attached hydrogens (tertiary/aromatic N) is 3. The Morgan fingerprint density at radius 2 is 2.11 bits per heavy atom. The number of nitriles is 1. The first-order valence-corrected chi connectivity index (χ1v) is 7.00. The first kappa shape index (κ1) is 13.9. The highest BCUT2D eigenvalue weighted by Crippen LogP contribution is 2.38. The van der Waals surface area contributed by atoms with Gasteiger partial charge in [-0.1, -0.05) is 33.8 Å². The second kappa shape index (κ2) is 5.21. The van der Waals surface area contributed by atoms with Crippen molar-refractivity contribution in [1.82, 2.24) is 4.98 Å². The van der Waals surface area contributed by atoms with Crippen molar-refractivity contribution in [3.8, 4) is 6.07 Å². The van der Waals surface area contributed by atoms with Crippen molar-refractivity contribution in [2.24, 2.45) is 17.3 Å². The molecule has 0 amide bonds. The second-order valence-electron chi connectivity index (χ2n) is 6.67. The Morgan fingerprint density at radius 3 is 2.63 bits per heavy atom. The van der Waals surface area contributed by atoms with E-state index < -0.39 is 0 Å². The van der Waals surface area contributed by atoms with Gasteiger partial charge < -0.3 is 4.90 Å². The number of hydrogen-bond acceptors (Lipinski definition) is 3. The summed E-state index contributed by atoms with van der Waals surface area (Å²) < 4.78 is 0. The van der Waals surface area contributed by atoms with Gasteiger partial charge in [0.05, 0.1) is 12.0 Å². The van der Waals surface area contributed by atoms with Gasteiger partial charge in [0.2, 0.25) is 0 Å². The van der Waals surface area contributed by atoms with Crippen LogP contribution >= 0.6 is 0 Å². The minimum atomic E-state index is 0.0978. The lowest BCUT2D eigenvalue weighted by atomic mass is 9.74. The molecule has 1 aliphatic heterocycles. The summed E-state index contributed by atoms with van der Waals surface area (Å²) in [5.74, 6) is 1.55. The van der Waals surface area contributed by atoms with Crippen LogP contribution in [0.15, 0.2) is 24.4 Å². The van der Waals surface area contributed by atoms with Crippen LogP contribution in [0.1, 0.15) is 34.1 Å². The van der Waals surface area contributed by atoms with Crippen molar-refractivity contribution in [3.05, 3.63) is 24.4 Å². The Kier molecular flexibility index (Phi) is 3.80. The molecule has 3 nitrogen and oxygen atoms in total. The van der Waals surface area contributed by atoms with Crippen LogP contribution in [-0.2, 0) is 0 Å². The third-order valence-corrected chi connectivity index (χ3v) is 4.16. The van der Waals surface area contributed by atoms with E-state index >= 15 is 0 Å². The molecule has 0 aliphatic carbocycles. The standard InChI is InChI=1S/C16H23N3/c1-12-9-14(16(2,3)4)19(11-13(12)10-17)15-7-5-6-8-18-15/h5-8,12-14H,9,11H2,1-4H3. The molecule has 1 saturated heterocycles. The molecule has 0 saturated carbocycles. The number of pyridine rings is 1. The highest BCUT2D eigenvalue weighted by atomic mass is 15.2. The molecule has 1 aromatic rings. The van der Waals surface area contributed by atoms with Gasteiger partial charge >= 0.3 is 0 Å². The molecule has 102 valence electrons. The Balaban J connectivity index is 2.33. The van der Waals surface area contributed by atoms with Crippen LogP contribution in [0, 0.1) is 28.6 Å². The maximum Gasteiger partial charge on any atom is 0.128 e. The zero-order valence-corrected chi connectivity index (χ0v) is 12.3. The first-order chi connectivity index (χ1) is 8.93. The molecule has 0 radical (unpaired) electrons. The summed E-state index contributed by atoms with van der Waals surface area (Å²) in [6.45, 7) is 9.80. The Morgan fingerprint density at radius 1 is 1.37 bits per heavy atom. The summed E-state index contributed by atoms with van der Waals surface area (Å²) in [4.78, 5) is 6.80. The van der Waals surface area contributed by atoms with Crippen LogP contribution in [0.2, 0.25) is 0 Å². The maximum atomic E-state index is 9.32. The maximum absolute atomic E-state index is 9.32. The SMILES string of the molecule is CC1CC(C(C)(C)C)N(c2ccccn2)CC1C#N. The second-order valence-corrected chi connectivity index (χ2v) is 6.67. The molecule has 1 fully saturated rings. The molecule has 19 heavy (non-hydrogen) atoms. The van der Waals surface area contributed by atoms with Crippen LogP contribution in [0.4, 0.5) is 5.82 Å². The van der Waals surface area contributed by atoms with Gasteiger partial charge in [-0.05, 0) is 29.9 Å². The molecule has 2 heterocycles. The quantitative estimate of drug-likeness (QED) is 0.773. The van der Waals surface area contributed by atoms with Crippen molar-refractivity contribution in [2.45, 2.75) is 40.2 Å². The van der Waals surface area contributed by atoms with Crippen LogP contribution in [0.25, 0.3) is 0 Å². The molecule has 0 aromatic carbocycles. The average Bonchev–Trinajstić information content (AvgIpc) is 2.38. The fourth-order valence-corrected chi connectivity index (χ4v) is 2.93. The third kappa shape index (κ3) is 2.89. The van der Waals surface area contributed by atoms with E-state index in [2.05, 4.69) is 43.6 Å². The average molecular weight is 257 g/mol. The lowest BCUT2D eigenvalue weighted by molar-refractivity contribution is 0.200. The summed E-state index contributed by atoms with van der Waals surface area (Å²) in [6, 6.07) is 8.88. The van der Waals surface area contributed by atoms with E-state index in [9.17, 15) is 5.26 Å². The molecule has 0 N–H and O–H groups in total. The lowest BCUT2D eigenvalue weighted by Gasteiger charge is -2.47. The predicted molar refractivity (Wildman–Crippen MR) is 77.7 cm³/mol. The van der Waals surface area contributed by atoms with Crippen molar-refractivity contribution < 1.29 is 0 Å². The fraction of sp³-hybridized carbons (Fsp3) is 0.625. The van der Waals surface area contributed by atoms with E-state index in [1.807, 2.05) is 24.4 Å². The molecule has 1 aromatic heterocycles. The zero-order valence-electron chi connectivity index (χ0n) is 12.3. The fourth-order valence-electron chi connectivity index (χ4n) is 2.93. The third-order valence-electron chi connectivity index (χ3n) is 4.16. The minimum Gasteiger partial charge on any atom is -0.352 e. The molecule has 2 rings (SSSR count). The molecule has 0 bridgehead atoms. The van der Waals surface area contributed by atoms with Crippen LogP contribution in [0.5, 0.6) is 0 Å². The Bertz CT molecular complexity index is 455. The molecule has 3 heteroatoms. The van der Waals surface area contributed by atoms with Crippen molar-refractivity contribution >= 4 is 5.82 Å². The van der Waals surface area contributed by atoms with Gasteiger partial charge in [0, 0.05) is 18.8 Å². The Hall–Kier alpha value is -1.56. The Labute approximate surface area is 116 Å². The van der Waals surface area contributed by atoms with Gasteiger partial charge in [-0.2, -0.15) is 5.26 Å². The normalized spacial score (nSPS) is 27.9. The smallest absolute Gasteiger partial charge is 0.128 e. The number of piperidine rings is 1. The monoisotopic (exact) mass is 257 g/mol. The predicted octanol–water partition coefficient (Wildman–Crippen LogP) is 3.48. The van der Waals surface area contributed by atoms with Gasteiger partial charge in [0.25, 0.3) is 0 Å². The van der Waals surface area contributed by atoms with E-state index in [-0.39, 0.29) is 11.3 Å². The van der Waals surface area contributed by atoms with Crippen molar-refractivity contribution in [3.63, 3.8) is 0 Å². The van der Waals surface area contributed by atoms with Crippen LogP contribution < -0.4 is 4.90 Å². The van der Waals surface area contributed by atoms with E-state index in [1.165, 1.54) is 0 Å². The van der Waals surface area contributed by atoms with Crippen LogP contribution in [-0.4, -0.2) is 17.6 Å². The molecule has 0 spiro atoms. The van der Waals surface area contributed by atoms with Crippen molar-refractivity contribution in [1.29, 1.82) is 5.26 Å².